The number of benzene rings is 2. The molecule has 130 valence electrons. The van der Waals surface area contributed by atoms with Gasteiger partial charge in [0.25, 0.3) is 0 Å². The van der Waals surface area contributed by atoms with Crippen molar-refractivity contribution in [1.29, 1.82) is 0 Å². The Labute approximate surface area is 150 Å². The van der Waals surface area contributed by atoms with Gasteiger partial charge >= 0.3 is 5.97 Å². The number of nitrogens with zero attached hydrogens (tertiary/aromatic N) is 1. The van der Waals surface area contributed by atoms with Crippen LogP contribution in [0.1, 0.15) is 27.4 Å². The molecule has 5 nitrogen and oxygen atoms in total. The third-order valence-electron chi connectivity index (χ3n) is 4.03. The SMILES string of the molecule is Cc1ccc(CCNCCc2nc3cc(Cl)ccc3o2)cc1C(=O)O. The number of aromatic nitrogens is 1. The fraction of sp³-hybridized carbons (Fsp3) is 0.263. The maximum atomic E-state index is 11.2. The molecule has 0 aliphatic heterocycles. The molecular formula is C19H19ClN2O3. The molecule has 0 radical (unpaired) electrons. The Balaban J connectivity index is 1.48. The van der Waals surface area contributed by atoms with Crippen LogP contribution in [0.5, 0.6) is 0 Å². The highest BCUT2D eigenvalue weighted by molar-refractivity contribution is 6.31. The van der Waals surface area contributed by atoms with Crippen LogP contribution in [0.25, 0.3) is 11.1 Å². The third kappa shape index (κ3) is 4.38. The Morgan fingerprint density at radius 1 is 1.20 bits per heavy atom. The molecule has 0 fully saturated rings. The molecule has 0 aliphatic rings. The number of halogens is 1. The standard InChI is InChI=1S/C19H19ClN2O3/c1-12-2-3-13(10-15(12)19(23)24)6-8-21-9-7-18-22-16-11-14(20)4-5-17(16)25-18/h2-5,10-11,21H,6-9H2,1H3,(H,23,24). The second kappa shape index (κ2) is 7.68. The smallest absolute Gasteiger partial charge is 0.335 e. The molecule has 3 rings (SSSR count). The largest absolute Gasteiger partial charge is 0.478 e. The predicted octanol–water partition coefficient (Wildman–Crippen LogP) is 3.86. The van der Waals surface area contributed by atoms with Gasteiger partial charge in [-0.1, -0.05) is 23.7 Å². The first-order valence-corrected chi connectivity index (χ1v) is 8.49. The minimum atomic E-state index is -0.886. The average molecular weight is 359 g/mol. The van der Waals surface area contributed by atoms with Gasteiger partial charge in [0.2, 0.25) is 0 Å². The number of oxazole rings is 1. The predicted molar refractivity (Wildman–Crippen MR) is 97.4 cm³/mol. The number of hydrogen-bond acceptors (Lipinski definition) is 4. The maximum absolute atomic E-state index is 11.2. The molecule has 0 bridgehead atoms. The summed E-state index contributed by atoms with van der Waals surface area (Å²) in [6, 6.07) is 10.9. The minimum Gasteiger partial charge on any atom is -0.478 e. The average Bonchev–Trinajstić information content (AvgIpc) is 2.97. The van der Waals surface area contributed by atoms with Crippen molar-refractivity contribution < 1.29 is 14.3 Å². The van der Waals surface area contributed by atoms with Crippen molar-refractivity contribution in [3.8, 4) is 0 Å². The number of aryl methyl sites for hydroxylation is 1. The van der Waals surface area contributed by atoms with E-state index >= 15 is 0 Å². The van der Waals surface area contributed by atoms with Crippen molar-refractivity contribution in [3.63, 3.8) is 0 Å². The highest BCUT2D eigenvalue weighted by Crippen LogP contribution is 2.20. The van der Waals surface area contributed by atoms with Crippen LogP contribution in [0.2, 0.25) is 5.02 Å². The van der Waals surface area contributed by atoms with Crippen LogP contribution in [0.3, 0.4) is 0 Å². The molecule has 0 saturated carbocycles. The number of carboxylic acid groups (broad SMARTS) is 1. The summed E-state index contributed by atoms with van der Waals surface area (Å²) < 4.78 is 5.67. The van der Waals surface area contributed by atoms with E-state index in [0.717, 1.165) is 41.7 Å². The molecule has 0 aliphatic carbocycles. The molecule has 0 saturated heterocycles. The van der Waals surface area contributed by atoms with E-state index in [1.165, 1.54) is 0 Å². The minimum absolute atomic E-state index is 0.364. The molecule has 0 unspecified atom stereocenters. The summed E-state index contributed by atoms with van der Waals surface area (Å²) in [5, 5.41) is 13.1. The fourth-order valence-corrected chi connectivity index (χ4v) is 2.83. The molecule has 25 heavy (non-hydrogen) atoms. The number of hydrogen-bond donors (Lipinski definition) is 2. The first kappa shape index (κ1) is 17.5. The van der Waals surface area contributed by atoms with Gasteiger partial charge in [-0.25, -0.2) is 9.78 Å². The third-order valence-corrected chi connectivity index (χ3v) is 4.27. The van der Waals surface area contributed by atoms with Crippen LogP contribution in [0.15, 0.2) is 40.8 Å². The van der Waals surface area contributed by atoms with Crippen LogP contribution < -0.4 is 5.32 Å². The summed E-state index contributed by atoms with van der Waals surface area (Å²) in [6.07, 6.45) is 1.45. The lowest BCUT2D eigenvalue weighted by molar-refractivity contribution is 0.0696. The number of fused-ring (bicyclic) bond motifs is 1. The molecule has 2 N–H and O–H groups in total. The Morgan fingerprint density at radius 2 is 2.00 bits per heavy atom. The van der Waals surface area contributed by atoms with Crippen molar-refractivity contribution in [3.05, 3.63) is 64.0 Å². The van der Waals surface area contributed by atoms with Crippen molar-refractivity contribution >= 4 is 28.7 Å². The summed E-state index contributed by atoms with van der Waals surface area (Å²) in [5.74, 6) is -0.211. The number of aromatic carboxylic acids is 1. The highest BCUT2D eigenvalue weighted by atomic mass is 35.5. The van der Waals surface area contributed by atoms with E-state index in [9.17, 15) is 4.79 Å². The van der Waals surface area contributed by atoms with Gasteiger partial charge in [-0.15, -0.1) is 0 Å². The summed E-state index contributed by atoms with van der Waals surface area (Å²) >= 11 is 5.94. The van der Waals surface area contributed by atoms with Crippen LogP contribution >= 0.6 is 11.6 Å². The van der Waals surface area contributed by atoms with Crippen LogP contribution in [0.4, 0.5) is 0 Å². The van der Waals surface area contributed by atoms with Gasteiger partial charge in [0.1, 0.15) is 5.52 Å². The molecule has 1 aromatic heterocycles. The zero-order chi connectivity index (χ0) is 17.8. The van der Waals surface area contributed by atoms with E-state index in [0.29, 0.717) is 22.9 Å². The van der Waals surface area contributed by atoms with Crippen LogP contribution in [0, 0.1) is 6.92 Å². The number of carbonyl (C=O) groups is 1. The second-order valence-corrected chi connectivity index (χ2v) is 6.36. The normalized spacial score (nSPS) is 11.1. The Kier molecular flexibility index (Phi) is 5.36. The van der Waals surface area contributed by atoms with E-state index < -0.39 is 5.97 Å². The number of rotatable bonds is 7. The molecular weight excluding hydrogens is 340 g/mol. The van der Waals surface area contributed by atoms with Gasteiger partial charge in [-0.05, 0) is 55.3 Å². The van der Waals surface area contributed by atoms with Crippen molar-refractivity contribution in [2.45, 2.75) is 19.8 Å². The van der Waals surface area contributed by atoms with Crippen LogP contribution in [-0.4, -0.2) is 29.1 Å². The monoisotopic (exact) mass is 358 g/mol. The lowest BCUT2D eigenvalue weighted by Gasteiger charge is -2.06. The van der Waals surface area contributed by atoms with Crippen molar-refractivity contribution in [2.24, 2.45) is 0 Å². The quantitative estimate of drug-likeness (QED) is 0.627. The summed E-state index contributed by atoms with van der Waals surface area (Å²) in [7, 11) is 0. The van der Waals surface area contributed by atoms with Crippen molar-refractivity contribution in [2.75, 3.05) is 13.1 Å². The van der Waals surface area contributed by atoms with E-state index in [2.05, 4.69) is 10.3 Å². The van der Waals surface area contributed by atoms with E-state index in [-0.39, 0.29) is 0 Å². The lowest BCUT2D eigenvalue weighted by atomic mass is 10.0. The van der Waals surface area contributed by atoms with E-state index in [1.54, 1.807) is 25.1 Å². The van der Waals surface area contributed by atoms with Gasteiger partial charge in [0.15, 0.2) is 11.5 Å². The Morgan fingerprint density at radius 3 is 2.80 bits per heavy atom. The topological polar surface area (TPSA) is 75.4 Å². The number of nitrogens with one attached hydrogen (secondary N) is 1. The van der Waals surface area contributed by atoms with Crippen LogP contribution in [-0.2, 0) is 12.8 Å². The van der Waals surface area contributed by atoms with E-state index in [1.807, 2.05) is 18.2 Å². The molecule has 0 spiro atoms. The second-order valence-electron chi connectivity index (χ2n) is 5.92. The van der Waals surface area contributed by atoms with Crippen molar-refractivity contribution in [1.82, 2.24) is 10.3 Å². The molecule has 1 heterocycles. The summed E-state index contributed by atoms with van der Waals surface area (Å²) in [4.78, 5) is 15.6. The molecule has 6 heteroatoms. The zero-order valence-electron chi connectivity index (χ0n) is 13.9. The first-order chi connectivity index (χ1) is 12.0. The Hall–Kier alpha value is -2.37. The van der Waals surface area contributed by atoms with Gasteiger partial charge < -0.3 is 14.8 Å². The van der Waals surface area contributed by atoms with Gasteiger partial charge in [-0.3, -0.25) is 0 Å². The Bertz CT molecular complexity index is 905. The molecule has 0 atom stereocenters. The summed E-state index contributed by atoms with van der Waals surface area (Å²) in [6.45, 7) is 3.30. The van der Waals surface area contributed by atoms with Gasteiger partial charge in [0, 0.05) is 18.0 Å². The fourth-order valence-electron chi connectivity index (χ4n) is 2.66. The lowest BCUT2D eigenvalue weighted by Crippen LogP contribution is -2.20. The first-order valence-electron chi connectivity index (χ1n) is 8.11. The van der Waals surface area contributed by atoms with E-state index in [4.69, 9.17) is 21.1 Å². The molecule has 0 amide bonds. The molecule has 2 aromatic carbocycles. The number of carboxylic acids is 1. The van der Waals surface area contributed by atoms with Gasteiger partial charge in [-0.2, -0.15) is 0 Å². The highest BCUT2D eigenvalue weighted by Gasteiger charge is 2.08. The summed E-state index contributed by atoms with van der Waals surface area (Å²) in [5.41, 5.74) is 3.65. The molecule has 3 aromatic rings. The van der Waals surface area contributed by atoms with Gasteiger partial charge in [0.05, 0.1) is 5.56 Å². The maximum Gasteiger partial charge on any atom is 0.335 e. The zero-order valence-corrected chi connectivity index (χ0v) is 14.6.